The summed E-state index contributed by atoms with van der Waals surface area (Å²) >= 11 is 5.91. The van der Waals surface area contributed by atoms with Crippen molar-refractivity contribution in [2.75, 3.05) is 6.61 Å². The average Bonchev–Trinajstić information content (AvgIpc) is 2.93. The molecule has 0 saturated carbocycles. The van der Waals surface area contributed by atoms with Crippen LogP contribution in [0.2, 0.25) is 5.02 Å². The smallest absolute Gasteiger partial charge is 0.376 e. The summed E-state index contributed by atoms with van der Waals surface area (Å²) in [6, 6.07) is 6.84. The van der Waals surface area contributed by atoms with E-state index in [1.54, 1.807) is 24.3 Å². The van der Waals surface area contributed by atoms with Crippen molar-refractivity contribution in [3.63, 3.8) is 0 Å². The van der Waals surface area contributed by atoms with E-state index < -0.39 is 19.0 Å². The summed E-state index contributed by atoms with van der Waals surface area (Å²) in [6.45, 7) is 2.74. The van der Waals surface area contributed by atoms with Crippen LogP contribution < -0.4 is 5.73 Å². The Kier molecular flexibility index (Phi) is 6.08. The first-order valence-corrected chi connectivity index (χ1v) is 7.81. The molecule has 0 amide bonds. The minimum Gasteiger partial charge on any atom is -0.454 e. The number of hydrogen-bond donors (Lipinski definition) is 1. The van der Waals surface area contributed by atoms with E-state index in [0.29, 0.717) is 22.0 Å². The molecule has 0 atom stereocenters. The van der Waals surface area contributed by atoms with Gasteiger partial charge in [-0.3, -0.25) is 0 Å². The van der Waals surface area contributed by atoms with Crippen LogP contribution in [0.25, 0.3) is 11.3 Å². The summed E-state index contributed by atoms with van der Waals surface area (Å²) in [7, 11) is 0. The van der Waals surface area contributed by atoms with Crippen LogP contribution in [0.5, 0.6) is 0 Å². The molecule has 0 aliphatic carbocycles. The molecule has 0 spiro atoms. The van der Waals surface area contributed by atoms with E-state index in [2.05, 4.69) is 14.8 Å². The fourth-order valence-electron chi connectivity index (χ4n) is 2.22. The minimum atomic E-state index is -2.77. The molecule has 2 aromatic rings. The maximum absolute atomic E-state index is 12.3. The monoisotopic (exact) mass is 370 g/mol. The summed E-state index contributed by atoms with van der Waals surface area (Å²) in [5.74, 6) is -1.30. The standard InChI is InChI=1S/C16H17ClF2N4O2/c1-9(2)13-14(10-3-5-11(17)6-4-10)23(21-8-20)15(22-13)16(24)25-7-12(18)19/h3-6,8-9,12H,7H2,1-2H3,(H2,20,21). The maximum atomic E-state index is 12.3. The van der Waals surface area contributed by atoms with E-state index in [4.69, 9.17) is 17.3 Å². The topological polar surface area (TPSA) is 82.5 Å². The second-order valence-electron chi connectivity index (χ2n) is 5.40. The summed E-state index contributed by atoms with van der Waals surface area (Å²) in [5.41, 5.74) is 7.13. The molecule has 0 bridgehead atoms. The van der Waals surface area contributed by atoms with Gasteiger partial charge in [-0.15, -0.1) is 0 Å². The molecule has 0 radical (unpaired) electrons. The third kappa shape index (κ3) is 4.33. The van der Waals surface area contributed by atoms with Gasteiger partial charge in [0.2, 0.25) is 5.82 Å². The Morgan fingerprint density at radius 1 is 1.40 bits per heavy atom. The van der Waals surface area contributed by atoms with Gasteiger partial charge >= 0.3 is 5.97 Å². The molecule has 134 valence electrons. The Labute approximate surface area is 148 Å². The van der Waals surface area contributed by atoms with Crippen molar-refractivity contribution in [3.05, 3.63) is 40.8 Å². The molecule has 0 saturated heterocycles. The lowest BCUT2D eigenvalue weighted by atomic mass is 10.0. The highest BCUT2D eigenvalue weighted by atomic mass is 35.5. The van der Waals surface area contributed by atoms with Crippen molar-refractivity contribution in [2.45, 2.75) is 26.2 Å². The van der Waals surface area contributed by atoms with Gasteiger partial charge in [-0.05, 0) is 18.1 Å². The molecular formula is C16H17ClF2N4O2. The lowest BCUT2D eigenvalue weighted by molar-refractivity contribution is 0.0145. The molecule has 0 fully saturated rings. The Morgan fingerprint density at radius 2 is 2.04 bits per heavy atom. The number of esters is 1. The molecule has 2 rings (SSSR count). The van der Waals surface area contributed by atoms with E-state index in [1.807, 2.05) is 13.8 Å². The highest BCUT2D eigenvalue weighted by Gasteiger charge is 2.26. The quantitative estimate of drug-likeness (QED) is 0.479. The van der Waals surface area contributed by atoms with Crippen LogP contribution in [0.3, 0.4) is 0 Å². The highest BCUT2D eigenvalue weighted by molar-refractivity contribution is 6.30. The number of nitrogens with zero attached hydrogens (tertiary/aromatic N) is 3. The highest BCUT2D eigenvalue weighted by Crippen LogP contribution is 2.31. The zero-order valence-electron chi connectivity index (χ0n) is 13.6. The number of carbonyl (C=O) groups is 1. The van der Waals surface area contributed by atoms with Crippen LogP contribution >= 0.6 is 11.6 Å². The van der Waals surface area contributed by atoms with Crippen LogP contribution in [0.1, 0.15) is 36.1 Å². The number of alkyl halides is 2. The number of benzene rings is 1. The fourth-order valence-corrected chi connectivity index (χ4v) is 2.35. The molecular weight excluding hydrogens is 354 g/mol. The molecule has 9 heteroatoms. The van der Waals surface area contributed by atoms with Gasteiger partial charge in [0.05, 0.1) is 11.4 Å². The second-order valence-corrected chi connectivity index (χ2v) is 5.83. The normalized spacial score (nSPS) is 11.6. The first-order chi connectivity index (χ1) is 11.8. The molecule has 1 heterocycles. The molecule has 6 nitrogen and oxygen atoms in total. The summed E-state index contributed by atoms with van der Waals surface area (Å²) in [5, 5.41) is 4.48. The van der Waals surface area contributed by atoms with Gasteiger partial charge in [0.15, 0.2) is 6.61 Å². The van der Waals surface area contributed by atoms with Gasteiger partial charge in [-0.25, -0.2) is 23.2 Å². The molecule has 1 aromatic heterocycles. The summed E-state index contributed by atoms with van der Waals surface area (Å²) < 4.78 is 30.4. The predicted molar refractivity (Wildman–Crippen MR) is 91.1 cm³/mol. The van der Waals surface area contributed by atoms with Crippen molar-refractivity contribution in [3.8, 4) is 11.3 Å². The number of imidazole rings is 1. The van der Waals surface area contributed by atoms with E-state index >= 15 is 0 Å². The minimum absolute atomic E-state index is 0.0680. The number of hydrogen-bond acceptors (Lipinski definition) is 4. The number of aromatic nitrogens is 2. The molecule has 0 aliphatic heterocycles. The van der Waals surface area contributed by atoms with E-state index in [1.165, 1.54) is 4.68 Å². The lowest BCUT2D eigenvalue weighted by Gasteiger charge is -2.09. The molecule has 0 unspecified atom stereocenters. The number of ether oxygens (including phenoxy) is 1. The Balaban J connectivity index is 2.60. The predicted octanol–water partition coefficient (Wildman–Crippen LogP) is 3.50. The zero-order chi connectivity index (χ0) is 18.6. The summed E-state index contributed by atoms with van der Waals surface area (Å²) in [6.07, 6.45) is -1.79. The van der Waals surface area contributed by atoms with Gasteiger partial charge < -0.3 is 10.5 Å². The molecule has 2 N–H and O–H groups in total. The van der Waals surface area contributed by atoms with Gasteiger partial charge in [0.25, 0.3) is 6.43 Å². The van der Waals surface area contributed by atoms with Crippen molar-refractivity contribution < 1.29 is 18.3 Å². The van der Waals surface area contributed by atoms with Gasteiger partial charge in [-0.1, -0.05) is 37.6 Å². The fraction of sp³-hybridized carbons (Fsp3) is 0.312. The third-order valence-corrected chi connectivity index (χ3v) is 3.50. The number of rotatable bonds is 6. The Morgan fingerprint density at radius 3 is 2.56 bits per heavy atom. The van der Waals surface area contributed by atoms with Crippen LogP contribution in [-0.2, 0) is 4.74 Å². The van der Waals surface area contributed by atoms with Gasteiger partial charge in [0.1, 0.15) is 6.34 Å². The van der Waals surface area contributed by atoms with Crippen LogP contribution in [0.15, 0.2) is 29.4 Å². The number of carbonyl (C=O) groups excluding carboxylic acids is 1. The van der Waals surface area contributed by atoms with E-state index in [-0.39, 0.29) is 11.7 Å². The number of halogens is 3. The molecule has 25 heavy (non-hydrogen) atoms. The first kappa shape index (κ1) is 18.9. The largest absolute Gasteiger partial charge is 0.454 e. The van der Waals surface area contributed by atoms with Gasteiger partial charge in [-0.2, -0.15) is 5.10 Å². The van der Waals surface area contributed by atoms with Crippen molar-refractivity contribution in [1.82, 2.24) is 9.66 Å². The van der Waals surface area contributed by atoms with Crippen LogP contribution in [0.4, 0.5) is 8.78 Å². The molecule has 0 aliphatic rings. The van der Waals surface area contributed by atoms with Crippen molar-refractivity contribution in [2.24, 2.45) is 10.8 Å². The van der Waals surface area contributed by atoms with E-state index in [9.17, 15) is 13.6 Å². The summed E-state index contributed by atoms with van der Waals surface area (Å²) in [4.78, 5) is 16.4. The van der Waals surface area contributed by atoms with Gasteiger partial charge in [0, 0.05) is 10.6 Å². The van der Waals surface area contributed by atoms with E-state index in [0.717, 1.165) is 6.34 Å². The maximum Gasteiger partial charge on any atom is 0.376 e. The zero-order valence-corrected chi connectivity index (χ0v) is 14.4. The average molecular weight is 371 g/mol. The Hall–Kier alpha value is -2.48. The first-order valence-electron chi connectivity index (χ1n) is 7.43. The second kappa shape index (κ2) is 8.06. The van der Waals surface area contributed by atoms with Crippen molar-refractivity contribution in [1.29, 1.82) is 0 Å². The lowest BCUT2D eigenvalue weighted by Crippen LogP contribution is -2.16. The SMILES string of the molecule is CC(C)c1nc(C(=O)OCC(F)F)n(/N=C\N)c1-c1ccc(Cl)cc1. The van der Waals surface area contributed by atoms with Crippen LogP contribution in [0, 0.1) is 0 Å². The van der Waals surface area contributed by atoms with Crippen molar-refractivity contribution >= 4 is 23.9 Å². The third-order valence-electron chi connectivity index (χ3n) is 3.25. The Bertz CT molecular complexity index is 773. The van der Waals surface area contributed by atoms with Crippen LogP contribution in [-0.4, -0.2) is 35.0 Å². The number of nitrogens with two attached hydrogens (primary N) is 1. The molecule has 1 aromatic carbocycles.